The van der Waals surface area contributed by atoms with Crippen LogP contribution in [0.3, 0.4) is 0 Å². The van der Waals surface area contributed by atoms with Crippen LogP contribution in [0.15, 0.2) is 18.5 Å². The first-order valence-corrected chi connectivity index (χ1v) is 5.20. The molecular formula is C11H19N3O. The second-order valence-electron chi connectivity index (χ2n) is 3.60. The van der Waals surface area contributed by atoms with Crippen LogP contribution in [0, 0.1) is 0 Å². The Morgan fingerprint density at radius 3 is 2.87 bits per heavy atom. The van der Waals surface area contributed by atoms with Gasteiger partial charge in [-0.1, -0.05) is 0 Å². The maximum Gasteiger partial charge on any atom is 0.0700 e. The summed E-state index contributed by atoms with van der Waals surface area (Å²) < 4.78 is 5.43. The van der Waals surface area contributed by atoms with Crippen molar-refractivity contribution >= 4 is 5.69 Å². The van der Waals surface area contributed by atoms with Gasteiger partial charge in [0.05, 0.1) is 6.10 Å². The summed E-state index contributed by atoms with van der Waals surface area (Å²) in [5, 5.41) is 0. The van der Waals surface area contributed by atoms with E-state index in [9.17, 15) is 0 Å². The molecule has 1 rings (SSSR count). The summed E-state index contributed by atoms with van der Waals surface area (Å²) in [4.78, 5) is 4.03. The van der Waals surface area contributed by atoms with Crippen molar-refractivity contribution in [2.24, 2.45) is 5.73 Å². The van der Waals surface area contributed by atoms with Crippen molar-refractivity contribution in [3.05, 3.63) is 24.0 Å². The number of ether oxygens (including phenoxy) is 1. The molecule has 0 aliphatic rings. The zero-order valence-electron chi connectivity index (χ0n) is 9.31. The first kappa shape index (κ1) is 11.9. The second-order valence-corrected chi connectivity index (χ2v) is 3.60. The van der Waals surface area contributed by atoms with E-state index >= 15 is 0 Å². The smallest absolute Gasteiger partial charge is 0.0700 e. The van der Waals surface area contributed by atoms with E-state index in [-0.39, 0.29) is 12.1 Å². The van der Waals surface area contributed by atoms with Gasteiger partial charge in [-0.25, -0.2) is 0 Å². The van der Waals surface area contributed by atoms with Crippen molar-refractivity contribution in [2.75, 3.05) is 12.3 Å². The molecule has 2 atom stereocenters. The lowest BCUT2D eigenvalue weighted by molar-refractivity contribution is 0.0577. The van der Waals surface area contributed by atoms with Crippen LogP contribution in [-0.2, 0) is 11.2 Å². The number of nitrogens with two attached hydrogens (primary N) is 2. The van der Waals surface area contributed by atoms with E-state index in [0.717, 1.165) is 11.3 Å². The van der Waals surface area contributed by atoms with Crippen molar-refractivity contribution in [2.45, 2.75) is 32.4 Å². The van der Waals surface area contributed by atoms with Crippen molar-refractivity contribution < 1.29 is 4.74 Å². The number of rotatable bonds is 5. The average Bonchev–Trinajstić information content (AvgIpc) is 2.21. The van der Waals surface area contributed by atoms with Crippen molar-refractivity contribution in [1.29, 1.82) is 0 Å². The summed E-state index contributed by atoms with van der Waals surface area (Å²) in [5.41, 5.74) is 13.5. The zero-order valence-corrected chi connectivity index (χ0v) is 9.31. The highest BCUT2D eigenvalue weighted by Crippen LogP contribution is 2.12. The van der Waals surface area contributed by atoms with E-state index in [1.165, 1.54) is 0 Å². The Kier molecular flexibility index (Phi) is 4.52. The first-order valence-electron chi connectivity index (χ1n) is 5.20. The first-order chi connectivity index (χ1) is 7.15. The molecule has 4 heteroatoms. The lowest BCUT2D eigenvalue weighted by Crippen LogP contribution is -2.36. The third kappa shape index (κ3) is 3.49. The summed E-state index contributed by atoms with van der Waals surface area (Å²) >= 11 is 0. The van der Waals surface area contributed by atoms with Gasteiger partial charge >= 0.3 is 0 Å². The van der Waals surface area contributed by atoms with Crippen LogP contribution in [0.5, 0.6) is 0 Å². The Balaban J connectivity index is 2.58. The van der Waals surface area contributed by atoms with E-state index in [1.807, 2.05) is 13.8 Å². The molecule has 84 valence electrons. The molecule has 0 saturated carbocycles. The van der Waals surface area contributed by atoms with Crippen LogP contribution in [0.1, 0.15) is 19.4 Å². The summed E-state index contributed by atoms with van der Waals surface area (Å²) in [6, 6.07) is 1.74. The molecule has 0 aliphatic heterocycles. The molecule has 0 aliphatic carbocycles. The molecule has 0 spiro atoms. The molecular weight excluding hydrogens is 190 g/mol. The Hall–Kier alpha value is -1.13. The maximum atomic E-state index is 6.00. The lowest BCUT2D eigenvalue weighted by Gasteiger charge is -2.20. The highest BCUT2D eigenvalue weighted by molar-refractivity contribution is 5.44. The average molecular weight is 209 g/mol. The standard InChI is InChI=1S/C11H19N3O/c1-3-15-8(2)11(13)6-9-7-14-5-4-10(9)12/h4-5,7-8,11H,3,6,13H2,1-2H3,(H2,12,14). The number of nitrogens with zero attached hydrogens (tertiary/aromatic N) is 1. The number of pyridine rings is 1. The third-order valence-electron chi connectivity index (χ3n) is 2.43. The van der Waals surface area contributed by atoms with E-state index in [4.69, 9.17) is 16.2 Å². The molecule has 0 bridgehead atoms. The molecule has 15 heavy (non-hydrogen) atoms. The van der Waals surface area contributed by atoms with Gasteiger partial charge < -0.3 is 16.2 Å². The summed E-state index contributed by atoms with van der Waals surface area (Å²) in [6.45, 7) is 4.61. The Morgan fingerprint density at radius 1 is 1.53 bits per heavy atom. The third-order valence-corrected chi connectivity index (χ3v) is 2.43. The topological polar surface area (TPSA) is 74.2 Å². The van der Waals surface area contributed by atoms with E-state index in [2.05, 4.69) is 4.98 Å². The van der Waals surface area contributed by atoms with Gasteiger partial charge in [-0.15, -0.1) is 0 Å². The molecule has 0 amide bonds. The fraction of sp³-hybridized carbons (Fsp3) is 0.545. The van der Waals surface area contributed by atoms with Crippen LogP contribution in [0.4, 0.5) is 5.69 Å². The maximum absolute atomic E-state index is 6.00. The molecule has 0 aromatic carbocycles. The minimum Gasteiger partial charge on any atom is -0.398 e. The Morgan fingerprint density at radius 2 is 2.27 bits per heavy atom. The molecule has 0 radical (unpaired) electrons. The van der Waals surface area contributed by atoms with Gasteiger partial charge in [-0.2, -0.15) is 0 Å². The SMILES string of the molecule is CCOC(C)C(N)Cc1cnccc1N. The monoisotopic (exact) mass is 209 g/mol. The van der Waals surface area contributed by atoms with E-state index < -0.39 is 0 Å². The molecule has 1 aromatic rings. The van der Waals surface area contributed by atoms with Gasteiger partial charge in [0.15, 0.2) is 0 Å². The van der Waals surface area contributed by atoms with Crippen LogP contribution >= 0.6 is 0 Å². The highest BCUT2D eigenvalue weighted by atomic mass is 16.5. The molecule has 0 fully saturated rings. The van der Waals surface area contributed by atoms with E-state index in [1.54, 1.807) is 18.5 Å². The van der Waals surface area contributed by atoms with Crippen molar-refractivity contribution in [3.63, 3.8) is 0 Å². The summed E-state index contributed by atoms with van der Waals surface area (Å²) in [7, 11) is 0. The van der Waals surface area contributed by atoms with Crippen molar-refractivity contribution in [1.82, 2.24) is 4.98 Å². The quantitative estimate of drug-likeness (QED) is 0.757. The van der Waals surface area contributed by atoms with Gasteiger partial charge in [-0.05, 0) is 31.9 Å². The highest BCUT2D eigenvalue weighted by Gasteiger charge is 2.14. The van der Waals surface area contributed by atoms with Crippen LogP contribution in [0.2, 0.25) is 0 Å². The number of nitrogen functional groups attached to an aromatic ring is 1. The van der Waals surface area contributed by atoms with Crippen molar-refractivity contribution in [3.8, 4) is 0 Å². The zero-order chi connectivity index (χ0) is 11.3. The Bertz CT molecular complexity index is 304. The second kappa shape index (κ2) is 5.68. The number of hydrogen-bond acceptors (Lipinski definition) is 4. The molecule has 1 heterocycles. The van der Waals surface area contributed by atoms with Gasteiger partial charge in [0, 0.05) is 30.7 Å². The van der Waals surface area contributed by atoms with Gasteiger partial charge in [0.1, 0.15) is 0 Å². The van der Waals surface area contributed by atoms with Gasteiger partial charge in [0.2, 0.25) is 0 Å². The van der Waals surface area contributed by atoms with Crippen LogP contribution < -0.4 is 11.5 Å². The lowest BCUT2D eigenvalue weighted by atomic mass is 10.0. The van der Waals surface area contributed by atoms with Crippen LogP contribution in [0.25, 0.3) is 0 Å². The normalized spacial score (nSPS) is 14.9. The van der Waals surface area contributed by atoms with Gasteiger partial charge in [-0.3, -0.25) is 4.98 Å². The van der Waals surface area contributed by atoms with Gasteiger partial charge in [0.25, 0.3) is 0 Å². The largest absolute Gasteiger partial charge is 0.398 e. The predicted octanol–water partition coefficient (Wildman–Crippen LogP) is 0.959. The summed E-state index contributed by atoms with van der Waals surface area (Å²) in [6.07, 6.45) is 4.17. The minimum absolute atomic E-state index is 0.0367. The molecule has 0 saturated heterocycles. The molecule has 4 nitrogen and oxygen atoms in total. The number of anilines is 1. The predicted molar refractivity (Wildman–Crippen MR) is 61.4 cm³/mol. The summed E-state index contributed by atoms with van der Waals surface area (Å²) in [5.74, 6) is 0. The number of hydrogen-bond donors (Lipinski definition) is 2. The molecule has 4 N–H and O–H groups in total. The fourth-order valence-electron chi connectivity index (χ4n) is 1.41. The fourth-order valence-corrected chi connectivity index (χ4v) is 1.41. The molecule has 1 aromatic heterocycles. The van der Waals surface area contributed by atoms with Crippen LogP contribution in [-0.4, -0.2) is 23.7 Å². The number of aromatic nitrogens is 1. The molecule has 2 unspecified atom stereocenters. The Labute approximate surface area is 90.6 Å². The van der Waals surface area contributed by atoms with E-state index in [0.29, 0.717) is 13.0 Å². The minimum atomic E-state index is -0.0450.